The lowest BCUT2D eigenvalue weighted by Gasteiger charge is -2.15. The minimum atomic E-state index is -0.471. The van der Waals surface area contributed by atoms with Crippen molar-refractivity contribution in [2.24, 2.45) is 0 Å². The number of benzene rings is 3. The Hall–Kier alpha value is -3.51. The number of hydrogen-bond donors (Lipinski definition) is 2. The molecule has 0 atom stereocenters. The molecule has 31 heavy (non-hydrogen) atoms. The minimum absolute atomic E-state index is 0.0289. The van der Waals surface area contributed by atoms with E-state index < -0.39 is 6.09 Å². The van der Waals surface area contributed by atoms with E-state index in [9.17, 15) is 4.79 Å². The molecule has 6 heteroatoms. The van der Waals surface area contributed by atoms with Gasteiger partial charge in [0.25, 0.3) is 0 Å². The minimum Gasteiger partial charge on any atom is -0.493 e. The highest BCUT2D eigenvalue weighted by Gasteiger charge is 2.28. The lowest BCUT2D eigenvalue weighted by molar-refractivity contribution is 0.142. The highest BCUT2D eigenvalue weighted by Crippen LogP contribution is 2.44. The molecular formula is C25H25NO5. The molecule has 0 heterocycles. The van der Waals surface area contributed by atoms with E-state index >= 15 is 0 Å². The average Bonchev–Trinajstić information content (AvgIpc) is 3.14. The Morgan fingerprint density at radius 1 is 0.968 bits per heavy atom. The van der Waals surface area contributed by atoms with E-state index in [4.69, 9.17) is 19.3 Å². The number of carbonyl (C=O) groups is 1. The number of methoxy groups -OCH3 is 1. The summed E-state index contributed by atoms with van der Waals surface area (Å²) in [5.74, 6) is 1.11. The largest absolute Gasteiger partial charge is 0.493 e. The summed E-state index contributed by atoms with van der Waals surface area (Å²) in [5.41, 5.74) is 5.60. The van der Waals surface area contributed by atoms with E-state index in [-0.39, 0.29) is 25.7 Å². The number of rotatable bonds is 8. The van der Waals surface area contributed by atoms with Gasteiger partial charge in [0.15, 0.2) is 11.5 Å². The van der Waals surface area contributed by atoms with E-state index in [1.807, 2.05) is 30.3 Å². The summed E-state index contributed by atoms with van der Waals surface area (Å²) in [6, 6.07) is 21.9. The summed E-state index contributed by atoms with van der Waals surface area (Å²) in [5, 5.41) is 11.7. The molecule has 1 aliphatic rings. The number of carbonyl (C=O) groups excluding carboxylic acids is 1. The standard InChI is InChI=1S/C25H25NO5/c1-29-24-14-17(10-11-23(24)30-13-12-27)15-26-25(28)31-16-22-20-8-4-2-6-18(20)19-7-3-5-9-21(19)22/h2-11,14,22,27H,12-13,15-16H2,1H3,(H,26,28). The molecule has 4 rings (SSSR count). The van der Waals surface area contributed by atoms with E-state index in [0.29, 0.717) is 18.0 Å². The SMILES string of the molecule is COc1cc(CNC(=O)OCC2c3ccccc3-c3ccccc32)ccc1OCCO. The number of alkyl carbamates (subject to hydrolysis) is 1. The second kappa shape index (κ2) is 9.53. The van der Waals surface area contributed by atoms with Crippen LogP contribution in [0.1, 0.15) is 22.6 Å². The molecule has 0 saturated heterocycles. The zero-order valence-electron chi connectivity index (χ0n) is 17.3. The Bertz CT molecular complexity index is 1020. The van der Waals surface area contributed by atoms with Crippen LogP contribution in [-0.2, 0) is 11.3 Å². The van der Waals surface area contributed by atoms with Gasteiger partial charge in [-0.15, -0.1) is 0 Å². The summed E-state index contributed by atoms with van der Waals surface area (Å²) < 4.78 is 16.3. The number of aliphatic hydroxyl groups is 1. The number of hydrogen-bond acceptors (Lipinski definition) is 5. The number of aliphatic hydroxyl groups excluding tert-OH is 1. The van der Waals surface area contributed by atoms with Crippen molar-refractivity contribution in [3.63, 3.8) is 0 Å². The van der Waals surface area contributed by atoms with Crippen molar-refractivity contribution < 1.29 is 24.1 Å². The van der Waals surface area contributed by atoms with E-state index in [1.54, 1.807) is 19.2 Å². The molecule has 6 nitrogen and oxygen atoms in total. The maximum atomic E-state index is 12.3. The lowest BCUT2D eigenvalue weighted by Crippen LogP contribution is -2.25. The van der Waals surface area contributed by atoms with Gasteiger partial charge in [-0.2, -0.15) is 0 Å². The Balaban J connectivity index is 1.36. The fraction of sp³-hybridized carbons (Fsp3) is 0.240. The monoisotopic (exact) mass is 419 g/mol. The molecule has 1 aliphatic carbocycles. The number of nitrogens with one attached hydrogen (secondary N) is 1. The Morgan fingerprint density at radius 3 is 2.29 bits per heavy atom. The van der Waals surface area contributed by atoms with E-state index in [0.717, 1.165) is 5.56 Å². The molecule has 3 aromatic rings. The Morgan fingerprint density at radius 2 is 1.65 bits per heavy atom. The third kappa shape index (κ3) is 4.49. The van der Waals surface area contributed by atoms with Gasteiger partial charge in [-0.05, 0) is 39.9 Å². The smallest absolute Gasteiger partial charge is 0.407 e. The van der Waals surface area contributed by atoms with Crippen LogP contribution in [0, 0.1) is 0 Å². The molecule has 160 valence electrons. The average molecular weight is 419 g/mol. The van der Waals surface area contributed by atoms with Gasteiger partial charge in [0.05, 0.1) is 13.7 Å². The quantitative estimate of drug-likeness (QED) is 0.575. The van der Waals surface area contributed by atoms with E-state index in [1.165, 1.54) is 22.3 Å². The highest BCUT2D eigenvalue weighted by molar-refractivity contribution is 5.79. The van der Waals surface area contributed by atoms with Crippen molar-refractivity contribution in [1.82, 2.24) is 5.32 Å². The molecule has 3 aromatic carbocycles. The van der Waals surface area contributed by atoms with Gasteiger partial charge < -0.3 is 24.6 Å². The molecule has 0 saturated carbocycles. The molecule has 0 unspecified atom stereocenters. The lowest BCUT2D eigenvalue weighted by atomic mass is 9.98. The first-order chi connectivity index (χ1) is 15.2. The van der Waals surface area contributed by atoms with Crippen LogP contribution >= 0.6 is 0 Å². The third-order valence-corrected chi connectivity index (χ3v) is 5.36. The van der Waals surface area contributed by atoms with Gasteiger partial charge in [-0.1, -0.05) is 54.6 Å². The van der Waals surface area contributed by atoms with Crippen molar-refractivity contribution >= 4 is 6.09 Å². The molecular weight excluding hydrogens is 394 g/mol. The molecule has 1 amide bonds. The van der Waals surface area contributed by atoms with Crippen molar-refractivity contribution in [3.05, 3.63) is 83.4 Å². The zero-order chi connectivity index (χ0) is 21.6. The predicted octanol–water partition coefficient (Wildman–Crippen LogP) is 4.11. The fourth-order valence-corrected chi connectivity index (χ4v) is 3.92. The topological polar surface area (TPSA) is 77.0 Å². The zero-order valence-corrected chi connectivity index (χ0v) is 17.3. The molecule has 2 N–H and O–H groups in total. The van der Waals surface area contributed by atoms with Crippen LogP contribution in [0.25, 0.3) is 11.1 Å². The van der Waals surface area contributed by atoms with Crippen LogP contribution in [0.4, 0.5) is 4.79 Å². The molecule has 0 bridgehead atoms. The number of amides is 1. The second-order valence-corrected chi connectivity index (χ2v) is 7.24. The first-order valence-electron chi connectivity index (χ1n) is 10.2. The van der Waals surface area contributed by atoms with Crippen molar-refractivity contribution in [2.45, 2.75) is 12.5 Å². The van der Waals surface area contributed by atoms with Crippen LogP contribution in [-0.4, -0.2) is 38.1 Å². The summed E-state index contributed by atoms with van der Waals surface area (Å²) in [6.45, 7) is 0.687. The van der Waals surface area contributed by atoms with Crippen molar-refractivity contribution in [3.8, 4) is 22.6 Å². The molecule has 0 aliphatic heterocycles. The van der Waals surface area contributed by atoms with Gasteiger partial charge in [0.1, 0.15) is 13.2 Å². The second-order valence-electron chi connectivity index (χ2n) is 7.24. The van der Waals surface area contributed by atoms with Crippen LogP contribution in [0.5, 0.6) is 11.5 Å². The van der Waals surface area contributed by atoms with Gasteiger partial charge in [0.2, 0.25) is 0 Å². The maximum absolute atomic E-state index is 12.3. The first kappa shape index (κ1) is 20.8. The van der Waals surface area contributed by atoms with Crippen LogP contribution in [0.3, 0.4) is 0 Å². The van der Waals surface area contributed by atoms with Crippen molar-refractivity contribution in [1.29, 1.82) is 0 Å². The summed E-state index contributed by atoms with van der Waals surface area (Å²) in [7, 11) is 1.55. The number of ether oxygens (including phenoxy) is 3. The maximum Gasteiger partial charge on any atom is 0.407 e. The van der Waals surface area contributed by atoms with Gasteiger partial charge in [0, 0.05) is 12.5 Å². The molecule has 0 radical (unpaired) electrons. The summed E-state index contributed by atoms with van der Waals surface area (Å²) in [6.07, 6.45) is -0.471. The van der Waals surface area contributed by atoms with Gasteiger partial charge in [-0.3, -0.25) is 0 Å². The normalized spacial score (nSPS) is 12.1. The van der Waals surface area contributed by atoms with Gasteiger partial charge in [-0.25, -0.2) is 4.79 Å². The van der Waals surface area contributed by atoms with Crippen LogP contribution in [0.2, 0.25) is 0 Å². The molecule has 0 spiro atoms. The Labute approximate surface area is 181 Å². The van der Waals surface area contributed by atoms with Gasteiger partial charge >= 0.3 is 6.09 Å². The third-order valence-electron chi connectivity index (χ3n) is 5.36. The highest BCUT2D eigenvalue weighted by atomic mass is 16.5. The summed E-state index contributed by atoms with van der Waals surface area (Å²) in [4.78, 5) is 12.3. The molecule has 0 aromatic heterocycles. The predicted molar refractivity (Wildman–Crippen MR) is 117 cm³/mol. The first-order valence-corrected chi connectivity index (χ1v) is 10.2. The Kier molecular flexibility index (Phi) is 6.38. The van der Waals surface area contributed by atoms with E-state index in [2.05, 4.69) is 29.6 Å². The van der Waals surface area contributed by atoms with Crippen LogP contribution < -0.4 is 14.8 Å². The number of fused-ring (bicyclic) bond motifs is 3. The summed E-state index contributed by atoms with van der Waals surface area (Å²) >= 11 is 0. The molecule has 0 fully saturated rings. The van der Waals surface area contributed by atoms with Crippen molar-refractivity contribution in [2.75, 3.05) is 26.9 Å². The van der Waals surface area contributed by atoms with Crippen LogP contribution in [0.15, 0.2) is 66.7 Å². The fourth-order valence-electron chi connectivity index (χ4n) is 3.92.